The summed E-state index contributed by atoms with van der Waals surface area (Å²) >= 11 is 3.82. The van der Waals surface area contributed by atoms with E-state index < -0.39 is 0 Å². The van der Waals surface area contributed by atoms with Crippen molar-refractivity contribution in [3.63, 3.8) is 0 Å². The summed E-state index contributed by atoms with van der Waals surface area (Å²) in [5.41, 5.74) is 8.43. The lowest BCUT2D eigenvalue weighted by molar-refractivity contribution is 0.868. The number of anilines is 6. The lowest BCUT2D eigenvalue weighted by atomic mass is 9.86. The van der Waals surface area contributed by atoms with Crippen LogP contribution in [0.1, 0.15) is 6.42 Å². The smallest absolute Gasteiger partial charge is 0.0642 e. The molecule has 2 aliphatic carbocycles. The van der Waals surface area contributed by atoms with Gasteiger partial charge >= 0.3 is 0 Å². The second kappa shape index (κ2) is 12.0. The Bertz CT molecular complexity index is 2700. The van der Waals surface area contributed by atoms with E-state index >= 15 is 0 Å². The number of fused-ring (bicyclic) bond motifs is 7. The second-order valence-corrected chi connectivity index (χ2v) is 14.9. The molecule has 2 aromatic heterocycles. The summed E-state index contributed by atoms with van der Waals surface area (Å²) in [5.74, 6) is 0.376. The van der Waals surface area contributed by atoms with Crippen molar-refractivity contribution in [1.82, 2.24) is 0 Å². The van der Waals surface area contributed by atoms with E-state index in [1.165, 1.54) is 62.6 Å². The van der Waals surface area contributed by atoms with Crippen LogP contribution in [0.3, 0.4) is 0 Å². The summed E-state index contributed by atoms with van der Waals surface area (Å²) in [6.45, 7) is 0. The van der Waals surface area contributed by atoms with Gasteiger partial charge in [-0.25, -0.2) is 0 Å². The van der Waals surface area contributed by atoms with Gasteiger partial charge in [-0.1, -0.05) is 115 Å². The maximum Gasteiger partial charge on any atom is 0.0642 e. The number of para-hydroxylation sites is 3. The van der Waals surface area contributed by atoms with Gasteiger partial charge in [0.25, 0.3) is 0 Å². The standard InChI is InChI=1S/C46H32N2S2/c1-4-16-32(17-5-1)47(33-18-6-2-7-19-33)38-28-29-40(46-44(38)43-35-22-11-10-15-31(35)27-30-42(43)50-46)48(34-20-8-3-9-21-34)39-25-14-24-37-36-23-12-13-26-41(36)49-45(37)39/h1-26,28-31H,27H2. The summed E-state index contributed by atoms with van der Waals surface area (Å²) in [6, 6.07) is 52.8. The van der Waals surface area contributed by atoms with E-state index in [9.17, 15) is 0 Å². The third-order valence-electron chi connectivity index (χ3n) is 9.95. The number of benzene rings is 6. The summed E-state index contributed by atoms with van der Waals surface area (Å²) in [5, 5.41) is 5.27. The maximum absolute atomic E-state index is 2.50. The fourth-order valence-electron chi connectivity index (χ4n) is 7.75. The molecule has 10 rings (SSSR count). The van der Waals surface area contributed by atoms with E-state index in [1.54, 1.807) is 0 Å². The molecule has 0 aliphatic heterocycles. The monoisotopic (exact) mass is 676 g/mol. The first-order valence-electron chi connectivity index (χ1n) is 17.1. The first kappa shape index (κ1) is 29.3. The summed E-state index contributed by atoms with van der Waals surface area (Å²) < 4.78 is 5.26. The molecule has 0 saturated carbocycles. The lowest BCUT2D eigenvalue weighted by Gasteiger charge is -2.30. The highest BCUT2D eigenvalue weighted by atomic mass is 32.1. The zero-order valence-electron chi connectivity index (χ0n) is 27.2. The fraction of sp³-hybridized carbons (Fsp3) is 0.0435. The third kappa shape index (κ3) is 4.68. The minimum absolute atomic E-state index is 0.376. The normalized spacial score (nSPS) is 14.9. The van der Waals surface area contributed by atoms with Crippen molar-refractivity contribution in [2.24, 2.45) is 5.92 Å². The van der Waals surface area contributed by atoms with Crippen LogP contribution in [-0.4, -0.2) is 0 Å². The van der Waals surface area contributed by atoms with Crippen molar-refractivity contribution in [2.45, 2.75) is 6.42 Å². The Morgan fingerprint density at radius 3 is 1.86 bits per heavy atom. The minimum Gasteiger partial charge on any atom is -0.310 e. The molecule has 1 unspecified atom stereocenters. The van der Waals surface area contributed by atoms with Crippen molar-refractivity contribution in [3.8, 4) is 0 Å². The predicted octanol–water partition coefficient (Wildman–Crippen LogP) is 12.3. The molecule has 0 amide bonds. The largest absolute Gasteiger partial charge is 0.310 e. The van der Waals surface area contributed by atoms with E-state index in [0.29, 0.717) is 5.92 Å². The summed E-state index contributed by atoms with van der Waals surface area (Å²) in [7, 11) is 0. The van der Waals surface area contributed by atoms with E-state index in [0.717, 1.165) is 23.5 Å². The topological polar surface area (TPSA) is 6.48 Å². The molecule has 2 heterocycles. The van der Waals surface area contributed by atoms with Gasteiger partial charge in [0.1, 0.15) is 0 Å². The number of thiophene rings is 2. The van der Waals surface area contributed by atoms with E-state index in [-0.39, 0.29) is 0 Å². The molecule has 4 heteroatoms. The molecule has 0 N–H and O–H groups in total. The molecule has 238 valence electrons. The van der Waals surface area contributed by atoms with Crippen molar-refractivity contribution < 1.29 is 0 Å². The number of hydrogen-bond acceptors (Lipinski definition) is 4. The second-order valence-electron chi connectivity index (χ2n) is 12.8. The Kier molecular flexibility index (Phi) is 7.04. The molecule has 0 bridgehead atoms. The van der Waals surface area contributed by atoms with Crippen LogP contribution in [0.25, 0.3) is 41.9 Å². The zero-order valence-corrected chi connectivity index (χ0v) is 28.9. The van der Waals surface area contributed by atoms with Crippen LogP contribution in [0.4, 0.5) is 34.1 Å². The van der Waals surface area contributed by atoms with Crippen LogP contribution in [0, 0.1) is 5.92 Å². The third-order valence-corrected chi connectivity index (χ3v) is 12.4. The van der Waals surface area contributed by atoms with Crippen LogP contribution in [0.2, 0.25) is 0 Å². The number of hydrogen-bond donors (Lipinski definition) is 0. The van der Waals surface area contributed by atoms with Crippen molar-refractivity contribution in [1.29, 1.82) is 0 Å². The van der Waals surface area contributed by atoms with Crippen LogP contribution in [0.5, 0.6) is 0 Å². The average molecular weight is 677 g/mol. The van der Waals surface area contributed by atoms with E-state index in [2.05, 4.69) is 186 Å². The highest BCUT2D eigenvalue weighted by Crippen LogP contribution is 2.49. The highest BCUT2D eigenvalue weighted by molar-refractivity contribution is 7.26. The Balaban J connectivity index is 1.33. The lowest BCUT2D eigenvalue weighted by Crippen LogP contribution is -2.29. The molecule has 0 saturated heterocycles. The first-order valence-corrected chi connectivity index (χ1v) is 18.8. The highest BCUT2D eigenvalue weighted by Gasteiger charge is 2.27. The van der Waals surface area contributed by atoms with Gasteiger partial charge in [0.15, 0.2) is 0 Å². The Morgan fingerprint density at radius 1 is 0.500 bits per heavy atom. The molecule has 0 radical (unpaired) electrons. The minimum atomic E-state index is 0.376. The number of rotatable bonds is 6. The van der Waals surface area contributed by atoms with Gasteiger partial charge in [-0.05, 0) is 72.7 Å². The van der Waals surface area contributed by atoms with E-state index in [1.807, 2.05) is 22.7 Å². The Labute approximate surface area is 299 Å². The molecular weight excluding hydrogens is 645 g/mol. The van der Waals surface area contributed by atoms with Crippen molar-refractivity contribution in [3.05, 3.63) is 180 Å². The van der Waals surface area contributed by atoms with Crippen LogP contribution >= 0.6 is 22.7 Å². The molecule has 1 atom stereocenters. The molecule has 6 aromatic carbocycles. The van der Waals surface area contributed by atoms with E-state index in [4.69, 9.17) is 0 Å². The van der Waals surface area contributed by atoms with Crippen LogP contribution in [0.15, 0.2) is 170 Å². The molecular formula is C46H32N2S2. The first-order chi connectivity index (χ1) is 24.8. The SMILES string of the molecule is C1=CC2=c3c(sc4c(N(c5ccccc5)c5cccc6c5sc5ccccc56)ccc(N(c5ccccc5)c5ccccc5)c34)=CCC2C=C1. The van der Waals surface area contributed by atoms with Gasteiger partial charge in [-0.2, -0.15) is 0 Å². The van der Waals surface area contributed by atoms with Crippen LogP contribution < -0.4 is 19.6 Å². The molecule has 50 heavy (non-hydrogen) atoms. The molecule has 0 fully saturated rings. The quantitative estimate of drug-likeness (QED) is 0.173. The fourth-order valence-corrected chi connectivity index (χ4v) is 10.3. The van der Waals surface area contributed by atoms with Gasteiger partial charge in [0.05, 0.1) is 26.5 Å². The molecule has 2 aliphatic rings. The Morgan fingerprint density at radius 2 is 1.12 bits per heavy atom. The summed E-state index contributed by atoms with van der Waals surface area (Å²) in [4.78, 5) is 4.94. The predicted molar refractivity (Wildman–Crippen MR) is 218 cm³/mol. The van der Waals surface area contributed by atoms with Crippen molar-refractivity contribution in [2.75, 3.05) is 9.80 Å². The average Bonchev–Trinajstić information content (AvgIpc) is 3.77. The zero-order chi connectivity index (χ0) is 33.0. The van der Waals surface area contributed by atoms with Gasteiger partial charge in [0.2, 0.25) is 0 Å². The maximum atomic E-state index is 2.50. The van der Waals surface area contributed by atoms with Gasteiger partial charge in [0, 0.05) is 53.6 Å². The number of nitrogens with zero attached hydrogens (tertiary/aromatic N) is 2. The molecule has 8 aromatic rings. The Hall–Kier alpha value is -5.68. The van der Waals surface area contributed by atoms with Crippen LogP contribution in [-0.2, 0) is 0 Å². The van der Waals surface area contributed by atoms with Gasteiger partial charge in [-0.15, -0.1) is 22.7 Å². The van der Waals surface area contributed by atoms with Gasteiger partial charge in [-0.3, -0.25) is 0 Å². The molecule has 0 spiro atoms. The summed E-state index contributed by atoms with van der Waals surface area (Å²) in [6.07, 6.45) is 12.6. The van der Waals surface area contributed by atoms with Gasteiger partial charge < -0.3 is 9.80 Å². The number of allylic oxidation sites excluding steroid dienone is 4. The molecule has 2 nitrogen and oxygen atoms in total. The van der Waals surface area contributed by atoms with Crippen molar-refractivity contribution >= 4 is 98.7 Å².